The van der Waals surface area contributed by atoms with Gasteiger partial charge in [0.05, 0.1) is 35.1 Å². The van der Waals surface area contributed by atoms with Gasteiger partial charge in [-0.05, 0) is 49.2 Å². The van der Waals surface area contributed by atoms with Gasteiger partial charge in [-0.1, -0.05) is 52.8 Å². The van der Waals surface area contributed by atoms with Gasteiger partial charge in [-0.2, -0.15) is 0 Å². The summed E-state index contributed by atoms with van der Waals surface area (Å²) >= 11 is 0. The lowest BCUT2D eigenvalue weighted by Crippen LogP contribution is -2.47. The molecule has 0 amide bonds. The van der Waals surface area contributed by atoms with Gasteiger partial charge in [-0.25, -0.2) is 19.8 Å². The minimum absolute atomic E-state index is 0.0327. The van der Waals surface area contributed by atoms with E-state index in [9.17, 15) is 9.59 Å². The van der Waals surface area contributed by atoms with E-state index in [1.54, 1.807) is 0 Å². The fourth-order valence-electron chi connectivity index (χ4n) is 5.97. The van der Waals surface area contributed by atoms with Crippen LogP contribution in [0.15, 0.2) is 40.0 Å². The molecular formula is C30H38N2O4S. The maximum Gasteiger partial charge on any atom is 0.343 e. The zero-order valence-electron chi connectivity index (χ0n) is 23.2. The van der Waals surface area contributed by atoms with E-state index in [1.807, 2.05) is 37.5 Å². The SMILES string of the molecule is CC[C@@]1(OC(C)C)C(=O)OCc2c1cc1n(c2=O)Cc2c-1nc1ccccc1c2S(C)(CC)C(C)(C)C. The molecule has 0 spiro atoms. The third kappa shape index (κ3) is 3.61. The highest BCUT2D eigenvalue weighted by atomic mass is 32.3. The lowest BCUT2D eigenvalue weighted by Gasteiger charge is -2.49. The molecule has 2 atom stereocenters. The summed E-state index contributed by atoms with van der Waals surface area (Å²) in [5.74, 6) is 0.601. The van der Waals surface area contributed by atoms with Crippen molar-refractivity contribution < 1.29 is 14.3 Å². The average Bonchev–Trinajstić information content (AvgIpc) is 3.21. The van der Waals surface area contributed by atoms with Crippen molar-refractivity contribution in [1.29, 1.82) is 0 Å². The van der Waals surface area contributed by atoms with Crippen molar-refractivity contribution in [1.82, 2.24) is 9.55 Å². The molecule has 0 bridgehead atoms. The van der Waals surface area contributed by atoms with Crippen molar-refractivity contribution in [2.45, 2.75) is 89.4 Å². The first-order valence-corrected chi connectivity index (χ1v) is 15.4. The number of benzene rings is 1. The number of ether oxygens (including phenoxy) is 2. The van der Waals surface area contributed by atoms with Crippen LogP contribution in [0.4, 0.5) is 0 Å². The number of para-hydroxylation sites is 1. The summed E-state index contributed by atoms with van der Waals surface area (Å²) in [4.78, 5) is 33.6. The quantitative estimate of drug-likeness (QED) is 0.295. The van der Waals surface area contributed by atoms with Crippen molar-refractivity contribution in [2.75, 3.05) is 12.0 Å². The van der Waals surface area contributed by atoms with E-state index < -0.39 is 21.6 Å². The lowest BCUT2D eigenvalue weighted by atomic mass is 9.85. The maximum absolute atomic E-state index is 14.0. The van der Waals surface area contributed by atoms with Gasteiger partial charge in [0.25, 0.3) is 5.56 Å². The van der Waals surface area contributed by atoms with E-state index in [1.165, 1.54) is 10.3 Å². The van der Waals surface area contributed by atoms with Crippen LogP contribution in [-0.2, 0) is 33.0 Å². The molecule has 1 aromatic carbocycles. The van der Waals surface area contributed by atoms with Gasteiger partial charge in [0.2, 0.25) is 0 Å². The number of fused-ring (bicyclic) bond motifs is 5. The van der Waals surface area contributed by atoms with Gasteiger partial charge in [-0.3, -0.25) is 4.79 Å². The molecule has 198 valence electrons. The van der Waals surface area contributed by atoms with Crippen LogP contribution < -0.4 is 5.56 Å². The summed E-state index contributed by atoms with van der Waals surface area (Å²) in [6, 6.07) is 10.3. The summed E-state index contributed by atoms with van der Waals surface area (Å²) in [6.07, 6.45) is 2.58. The Kier molecular flexibility index (Phi) is 6.11. The molecule has 2 aliphatic heterocycles. The Hall–Kier alpha value is -2.64. The van der Waals surface area contributed by atoms with Crippen molar-refractivity contribution in [3.63, 3.8) is 0 Å². The molecular weight excluding hydrogens is 484 g/mol. The number of carbonyl (C=O) groups is 1. The number of cyclic esters (lactones) is 1. The Bertz CT molecular complexity index is 1490. The molecule has 37 heavy (non-hydrogen) atoms. The number of carbonyl (C=O) groups excluding carboxylic acids is 1. The largest absolute Gasteiger partial charge is 0.458 e. The maximum atomic E-state index is 14.0. The molecule has 4 heterocycles. The molecule has 6 nitrogen and oxygen atoms in total. The topological polar surface area (TPSA) is 70.4 Å². The Morgan fingerprint density at radius 1 is 1.16 bits per heavy atom. The molecule has 0 saturated heterocycles. The van der Waals surface area contributed by atoms with Gasteiger partial charge >= 0.3 is 5.97 Å². The van der Waals surface area contributed by atoms with Crippen molar-refractivity contribution >= 4 is 26.9 Å². The van der Waals surface area contributed by atoms with Gasteiger partial charge in [0.1, 0.15) is 6.61 Å². The predicted octanol–water partition coefficient (Wildman–Crippen LogP) is 6.12. The molecule has 0 N–H and O–H groups in total. The highest BCUT2D eigenvalue weighted by Crippen LogP contribution is 2.65. The Labute approximate surface area is 220 Å². The number of pyridine rings is 2. The summed E-state index contributed by atoms with van der Waals surface area (Å²) in [5, 5.41) is 1.17. The van der Waals surface area contributed by atoms with E-state index >= 15 is 0 Å². The second-order valence-electron chi connectivity index (χ2n) is 11.5. The molecule has 5 rings (SSSR count). The van der Waals surface area contributed by atoms with Gasteiger partial charge in [0, 0.05) is 21.4 Å². The third-order valence-corrected chi connectivity index (χ3v) is 13.6. The minimum atomic E-state index is -1.30. The minimum Gasteiger partial charge on any atom is -0.458 e. The zero-order valence-corrected chi connectivity index (χ0v) is 24.0. The molecule has 2 aliphatic rings. The van der Waals surface area contributed by atoms with Crippen molar-refractivity contribution in [2.24, 2.45) is 0 Å². The molecule has 7 heteroatoms. The first-order chi connectivity index (χ1) is 17.4. The third-order valence-electron chi connectivity index (χ3n) is 8.33. The second kappa shape index (κ2) is 8.70. The Morgan fingerprint density at radius 3 is 2.49 bits per heavy atom. The van der Waals surface area contributed by atoms with Crippen LogP contribution in [-0.4, -0.2) is 38.4 Å². The number of hydrogen-bond acceptors (Lipinski definition) is 5. The highest BCUT2D eigenvalue weighted by Gasteiger charge is 2.49. The Morgan fingerprint density at radius 2 is 1.86 bits per heavy atom. The first kappa shape index (κ1) is 26.0. The molecule has 0 radical (unpaired) electrons. The summed E-state index contributed by atoms with van der Waals surface area (Å²) in [6.45, 7) is 15.4. The number of aromatic nitrogens is 2. The fourth-order valence-corrected chi connectivity index (χ4v) is 9.10. The summed E-state index contributed by atoms with van der Waals surface area (Å²) < 4.78 is 13.7. The monoisotopic (exact) mass is 522 g/mol. The van der Waals surface area contributed by atoms with Crippen molar-refractivity contribution in [3.8, 4) is 11.4 Å². The van der Waals surface area contributed by atoms with E-state index in [2.05, 4.69) is 52.1 Å². The number of esters is 1. The predicted molar refractivity (Wildman–Crippen MR) is 151 cm³/mol. The molecule has 0 aliphatic carbocycles. The number of hydrogen-bond donors (Lipinski definition) is 0. The second-order valence-corrected chi connectivity index (χ2v) is 15.9. The van der Waals surface area contributed by atoms with Crippen LogP contribution >= 0.6 is 10.0 Å². The standard InChI is InChI=1S/C30H38N2O4S/c1-9-30(36-18(3)4)22-15-24-25-20(16-32(24)27(33)21(22)17-35-28(30)34)26(37(8,10-2)29(5,6)7)19-13-11-12-14-23(19)31-25/h11-15,18H,9-10,16-17H2,1-8H3/t30-/m0/s1. The van der Waals surface area contributed by atoms with E-state index in [0.717, 1.165) is 28.2 Å². The number of rotatable bonds is 5. The van der Waals surface area contributed by atoms with Crippen LogP contribution in [0.2, 0.25) is 0 Å². The van der Waals surface area contributed by atoms with E-state index in [-0.39, 0.29) is 23.0 Å². The van der Waals surface area contributed by atoms with Crippen LogP contribution in [0, 0.1) is 0 Å². The van der Waals surface area contributed by atoms with Crippen LogP contribution in [0.1, 0.15) is 71.6 Å². The smallest absolute Gasteiger partial charge is 0.343 e. The zero-order chi connectivity index (χ0) is 26.9. The number of nitrogens with zero attached hydrogens (tertiary/aromatic N) is 2. The summed E-state index contributed by atoms with van der Waals surface area (Å²) in [7, 11) is -1.28. The lowest BCUT2D eigenvalue weighted by molar-refractivity contribution is -0.187. The molecule has 3 aromatic rings. The van der Waals surface area contributed by atoms with Crippen LogP contribution in [0.3, 0.4) is 0 Å². The van der Waals surface area contributed by atoms with E-state index in [0.29, 0.717) is 24.1 Å². The average molecular weight is 523 g/mol. The van der Waals surface area contributed by atoms with Crippen LogP contribution in [0.25, 0.3) is 22.3 Å². The normalized spacial score (nSPS) is 21.3. The molecule has 2 aromatic heterocycles. The van der Waals surface area contributed by atoms with E-state index in [4.69, 9.17) is 14.5 Å². The van der Waals surface area contributed by atoms with Crippen molar-refractivity contribution in [3.05, 3.63) is 57.4 Å². The molecule has 0 saturated carbocycles. The first-order valence-electron chi connectivity index (χ1n) is 13.2. The van der Waals surface area contributed by atoms with Gasteiger partial charge in [-0.15, -0.1) is 0 Å². The molecule has 1 unspecified atom stereocenters. The van der Waals surface area contributed by atoms with Gasteiger partial charge < -0.3 is 14.0 Å². The van der Waals surface area contributed by atoms with Gasteiger partial charge in [0.15, 0.2) is 5.60 Å². The highest BCUT2D eigenvalue weighted by molar-refractivity contribution is 8.34. The van der Waals surface area contributed by atoms with Crippen LogP contribution in [0.5, 0.6) is 0 Å². The summed E-state index contributed by atoms with van der Waals surface area (Å²) in [5.41, 5.74) is 3.39. The Balaban J connectivity index is 1.86. The molecule has 0 fully saturated rings. The fraction of sp³-hybridized carbons (Fsp3) is 0.500.